The van der Waals surface area contributed by atoms with E-state index in [2.05, 4.69) is 4.98 Å². The molecule has 132 valence electrons. The van der Waals surface area contributed by atoms with Crippen molar-refractivity contribution in [1.29, 1.82) is 0 Å². The number of benzene rings is 1. The highest BCUT2D eigenvalue weighted by Gasteiger charge is 2.16. The number of rotatable bonds is 9. The van der Waals surface area contributed by atoms with Gasteiger partial charge in [0.2, 0.25) is 0 Å². The number of carboxylic acids is 1. The molecule has 5 nitrogen and oxygen atoms in total. The summed E-state index contributed by atoms with van der Waals surface area (Å²) >= 11 is 0. The summed E-state index contributed by atoms with van der Waals surface area (Å²) in [5.74, 6) is -0.817. The molecule has 0 aliphatic heterocycles. The van der Waals surface area contributed by atoms with E-state index in [0.717, 1.165) is 43.4 Å². The van der Waals surface area contributed by atoms with Gasteiger partial charge in [-0.25, -0.2) is 0 Å². The molecule has 25 heavy (non-hydrogen) atoms. The molecule has 0 atom stereocenters. The number of unbranched alkanes of at least 4 members (excludes halogenated alkanes) is 3. The number of aryl methyl sites for hydroxylation is 1. The van der Waals surface area contributed by atoms with Crippen molar-refractivity contribution in [2.45, 2.75) is 38.5 Å². The lowest BCUT2D eigenvalue weighted by atomic mass is 10.0. The van der Waals surface area contributed by atoms with Gasteiger partial charge < -0.3 is 10.0 Å². The fourth-order valence-corrected chi connectivity index (χ4v) is 2.79. The van der Waals surface area contributed by atoms with Crippen molar-refractivity contribution in [3.05, 3.63) is 59.9 Å². The first-order valence-electron chi connectivity index (χ1n) is 8.57. The van der Waals surface area contributed by atoms with Crippen molar-refractivity contribution in [1.82, 2.24) is 4.98 Å². The second-order valence-corrected chi connectivity index (χ2v) is 6.04. The number of pyridine rings is 1. The lowest BCUT2D eigenvalue weighted by Gasteiger charge is -2.20. The molecule has 1 heterocycles. The highest BCUT2D eigenvalue weighted by atomic mass is 16.4. The summed E-state index contributed by atoms with van der Waals surface area (Å²) in [6.45, 7) is 0. The van der Waals surface area contributed by atoms with Crippen LogP contribution in [0.2, 0.25) is 0 Å². The van der Waals surface area contributed by atoms with E-state index in [1.54, 1.807) is 36.5 Å². The number of amides is 1. The van der Waals surface area contributed by atoms with Gasteiger partial charge in [0.1, 0.15) is 0 Å². The maximum Gasteiger partial charge on any atom is 0.303 e. The number of anilines is 1. The van der Waals surface area contributed by atoms with Crippen molar-refractivity contribution >= 4 is 17.6 Å². The third-order valence-electron chi connectivity index (χ3n) is 4.15. The monoisotopic (exact) mass is 340 g/mol. The van der Waals surface area contributed by atoms with Crippen LogP contribution < -0.4 is 4.90 Å². The summed E-state index contributed by atoms with van der Waals surface area (Å²) in [5.41, 5.74) is 2.59. The normalized spacial score (nSPS) is 10.4. The van der Waals surface area contributed by atoms with Gasteiger partial charge in [-0.15, -0.1) is 0 Å². The second kappa shape index (κ2) is 9.57. The molecule has 2 rings (SSSR count). The van der Waals surface area contributed by atoms with Gasteiger partial charge in [0.05, 0.1) is 5.56 Å². The van der Waals surface area contributed by atoms with Crippen LogP contribution in [-0.4, -0.2) is 29.0 Å². The van der Waals surface area contributed by atoms with Crippen LogP contribution in [0.3, 0.4) is 0 Å². The fourth-order valence-electron chi connectivity index (χ4n) is 2.79. The third-order valence-corrected chi connectivity index (χ3v) is 4.15. The first-order chi connectivity index (χ1) is 12.1. The van der Waals surface area contributed by atoms with E-state index in [1.807, 2.05) is 24.3 Å². The van der Waals surface area contributed by atoms with Gasteiger partial charge >= 0.3 is 5.97 Å². The Kier molecular flexibility index (Phi) is 7.14. The quantitative estimate of drug-likeness (QED) is 0.702. The maximum absolute atomic E-state index is 12.6. The lowest BCUT2D eigenvalue weighted by molar-refractivity contribution is -0.137. The zero-order chi connectivity index (χ0) is 18.1. The van der Waals surface area contributed by atoms with Gasteiger partial charge in [0, 0.05) is 31.5 Å². The fraction of sp³-hybridized carbons (Fsp3) is 0.350. The Bertz CT molecular complexity index is 701. The van der Waals surface area contributed by atoms with Gasteiger partial charge in [0.25, 0.3) is 5.91 Å². The van der Waals surface area contributed by atoms with E-state index in [0.29, 0.717) is 5.56 Å². The largest absolute Gasteiger partial charge is 0.481 e. The maximum atomic E-state index is 12.6. The van der Waals surface area contributed by atoms with Crippen LogP contribution in [0.5, 0.6) is 0 Å². The van der Waals surface area contributed by atoms with Gasteiger partial charge in [-0.05, 0) is 43.0 Å². The Labute approximate surface area is 148 Å². The Balaban J connectivity index is 1.95. The third kappa shape index (κ3) is 5.71. The topological polar surface area (TPSA) is 70.5 Å². The smallest absolute Gasteiger partial charge is 0.303 e. The zero-order valence-electron chi connectivity index (χ0n) is 14.5. The number of carboxylic acid groups (broad SMARTS) is 1. The second-order valence-electron chi connectivity index (χ2n) is 6.04. The molecule has 0 saturated carbocycles. The number of carbonyl (C=O) groups excluding carboxylic acids is 1. The molecule has 1 amide bonds. The summed E-state index contributed by atoms with van der Waals surface area (Å²) in [4.78, 5) is 28.8. The van der Waals surface area contributed by atoms with Gasteiger partial charge in [-0.3, -0.25) is 14.6 Å². The minimum atomic E-state index is -0.735. The van der Waals surface area contributed by atoms with Crippen LogP contribution in [-0.2, 0) is 11.2 Å². The van der Waals surface area contributed by atoms with Gasteiger partial charge in [0.15, 0.2) is 0 Å². The molecule has 1 aromatic carbocycles. The van der Waals surface area contributed by atoms with Crippen molar-refractivity contribution in [3.8, 4) is 0 Å². The standard InChI is InChI=1S/C20H24N2O3/c1-22(20(25)17-11-8-14-21-15-17)18-12-7-6-10-16(18)9-4-2-3-5-13-19(23)24/h6-8,10-12,14-15H,2-5,9,13H2,1H3,(H,23,24). The molecule has 2 aromatic rings. The molecule has 0 unspecified atom stereocenters. The van der Waals surface area contributed by atoms with Crippen LogP contribution in [0.4, 0.5) is 5.69 Å². The number of aliphatic carboxylic acids is 1. The number of carbonyl (C=O) groups is 2. The van der Waals surface area contributed by atoms with Crippen LogP contribution in [0.15, 0.2) is 48.8 Å². The number of para-hydroxylation sites is 1. The highest BCUT2D eigenvalue weighted by Crippen LogP contribution is 2.23. The van der Waals surface area contributed by atoms with E-state index in [1.165, 1.54) is 0 Å². The predicted octanol–water partition coefficient (Wildman–Crippen LogP) is 3.94. The summed E-state index contributed by atoms with van der Waals surface area (Å²) in [6, 6.07) is 11.4. The lowest BCUT2D eigenvalue weighted by Crippen LogP contribution is -2.27. The van der Waals surface area contributed by atoms with Crippen LogP contribution in [0.1, 0.15) is 48.0 Å². The van der Waals surface area contributed by atoms with E-state index in [9.17, 15) is 9.59 Å². The van der Waals surface area contributed by atoms with Crippen LogP contribution in [0, 0.1) is 0 Å². The molecule has 0 fully saturated rings. The molecule has 1 N–H and O–H groups in total. The summed E-state index contributed by atoms with van der Waals surface area (Å²) in [6.07, 6.45) is 7.93. The molecule has 1 aromatic heterocycles. The van der Waals surface area contributed by atoms with Crippen LogP contribution in [0.25, 0.3) is 0 Å². The minimum Gasteiger partial charge on any atom is -0.481 e. The van der Waals surface area contributed by atoms with Gasteiger partial charge in [-0.1, -0.05) is 31.0 Å². The van der Waals surface area contributed by atoms with Crippen molar-refractivity contribution in [2.75, 3.05) is 11.9 Å². The number of aromatic nitrogens is 1. The zero-order valence-corrected chi connectivity index (χ0v) is 14.5. The summed E-state index contributed by atoms with van der Waals surface area (Å²) in [5, 5.41) is 8.65. The Morgan fingerprint density at radius 1 is 1.04 bits per heavy atom. The van der Waals surface area contributed by atoms with Crippen LogP contribution >= 0.6 is 0 Å². The summed E-state index contributed by atoms with van der Waals surface area (Å²) < 4.78 is 0. The minimum absolute atomic E-state index is 0.0815. The number of hydrogen-bond donors (Lipinski definition) is 1. The van der Waals surface area contributed by atoms with E-state index in [4.69, 9.17) is 5.11 Å². The number of hydrogen-bond acceptors (Lipinski definition) is 3. The van der Waals surface area contributed by atoms with E-state index in [-0.39, 0.29) is 12.3 Å². The average molecular weight is 340 g/mol. The summed E-state index contributed by atoms with van der Waals surface area (Å²) in [7, 11) is 1.78. The highest BCUT2D eigenvalue weighted by molar-refractivity contribution is 6.05. The van der Waals surface area contributed by atoms with Crippen molar-refractivity contribution in [2.24, 2.45) is 0 Å². The molecule has 0 bridgehead atoms. The number of nitrogens with zero attached hydrogens (tertiary/aromatic N) is 2. The van der Waals surface area contributed by atoms with Crippen molar-refractivity contribution in [3.63, 3.8) is 0 Å². The Morgan fingerprint density at radius 2 is 1.80 bits per heavy atom. The predicted molar refractivity (Wildman–Crippen MR) is 97.8 cm³/mol. The SMILES string of the molecule is CN(C(=O)c1cccnc1)c1ccccc1CCCCCCC(=O)O. The molecule has 0 saturated heterocycles. The molecule has 5 heteroatoms. The Morgan fingerprint density at radius 3 is 2.52 bits per heavy atom. The molecule has 0 radical (unpaired) electrons. The van der Waals surface area contributed by atoms with Gasteiger partial charge in [-0.2, -0.15) is 0 Å². The average Bonchev–Trinajstić information content (AvgIpc) is 2.64. The molecule has 0 aliphatic carbocycles. The first kappa shape index (κ1) is 18.6. The van der Waals surface area contributed by atoms with Crippen molar-refractivity contribution < 1.29 is 14.7 Å². The molecular formula is C20H24N2O3. The van der Waals surface area contributed by atoms with E-state index >= 15 is 0 Å². The molecule has 0 spiro atoms. The van der Waals surface area contributed by atoms with E-state index < -0.39 is 5.97 Å². The Hall–Kier alpha value is -2.69. The molecule has 0 aliphatic rings. The first-order valence-corrected chi connectivity index (χ1v) is 8.57. The molecular weight excluding hydrogens is 316 g/mol.